The van der Waals surface area contributed by atoms with Crippen LogP contribution in [0.5, 0.6) is 0 Å². The highest BCUT2D eigenvalue weighted by Crippen LogP contribution is 2.33. The molecule has 0 unspecified atom stereocenters. The molecule has 0 saturated heterocycles. The van der Waals surface area contributed by atoms with Crippen LogP contribution in [0.25, 0.3) is 0 Å². The van der Waals surface area contributed by atoms with Gasteiger partial charge in [-0.25, -0.2) is 4.79 Å². The zero-order chi connectivity index (χ0) is 19.2. The number of carbonyl (C=O) groups is 1. The Morgan fingerprint density at radius 2 is 1.88 bits per heavy atom. The number of hydrogen-bond acceptors (Lipinski definition) is 4. The first-order chi connectivity index (χ1) is 12.3. The summed E-state index contributed by atoms with van der Waals surface area (Å²) < 4.78 is 2.61. The van der Waals surface area contributed by atoms with Gasteiger partial charge in [-0.1, -0.05) is 6.07 Å². The van der Waals surface area contributed by atoms with Crippen molar-refractivity contribution in [2.75, 3.05) is 0 Å². The first-order valence-electron chi connectivity index (χ1n) is 8.63. The molecule has 0 bridgehead atoms. The Labute approximate surface area is 151 Å². The fourth-order valence-corrected chi connectivity index (χ4v) is 3.62. The standard InChI is InChI=1S/C20H21N3O3/c1-11-7-12(2)18(14(4)24)13(3)17(11)10-23-19(25)15(8-21)9-22(20(23)26)16-5-6-16/h7,9,16H,5-6,10H2,1-4H3. The largest absolute Gasteiger partial charge is 0.331 e. The lowest BCUT2D eigenvalue weighted by molar-refractivity contribution is 0.101. The summed E-state index contributed by atoms with van der Waals surface area (Å²) in [6, 6.07) is 3.86. The average molecular weight is 351 g/mol. The second kappa shape index (κ2) is 6.41. The fourth-order valence-electron chi connectivity index (χ4n) is 3.62. The van der Waals surface area contributed by atoms with Gasteiger partial charge < -0.3 is 0 Å². The Hall–Kier alpha value is -2.94. The summed E-state index contributed by atoms with van der Waals surface area (Å²) >= 11 is 0. The highest BCUT2D eigenvalue weighted by atomic mass is 16.2. The number of benzene rings is 1. The zero-order valence-electron chi connectivity index (χ0n) is 15.4. The molecule has 1 aliphatic rings. The molecule has 1 aromatic carbocycles. The fraction of sp³-hybridized carbons (Fsp3) is 0.400. The topological polar surface area (TPSA) is 84.9 Å². The molecule has 1 saturated carbocycles. The average Bonchev–Trinajstić information content (AvgIpc) is 3.38. The van der Waals surface area contributed by atoms with E-state index in [0.29, 0.717) is 5.56 Å². The maximum absolute atomic E-state index is 12.8. The van der Waals surface area contributed by atoms with E-state index >= 15 is 0 Å². The van der Waals surface area contributed by atoms with Gasteiger partial charge in [0.2, 0.25) is 0 Å². The van der Waals surface area contributed by atoms with Gasteiger partial charge in [0.25, 0.3) is 5.56 Å². The van der Waals surface area contributed by atoms with E-state index in [1.807, 2.05) is 32.9 Å². The molecule has 3 rings (SSSR count). The molecule has 0 amide bonds. The lowest BCUT2D eigenvalue weighted by atomic mass is 9.91. The summed E-state index contributed by atoms with van der Waals surface area (Å²) in [7, 11) is 0. The minimum atomic E-state index is -0.585. The predicted molar refractivity (Wildman–Crippen MR) is 97.7 cm³/mol. The minimum Gasteiger partial charge on any atom is -0.296 e. The SMILES string of the molecule is CC(=O)c1c(C)cc(C)c(Cn2c(=O)c(C#N)cn(C3CC3)c2=O)c1C. The lowest BCUT2D eigenvalue weighted by Gasteiger charge is -2.17. The van der Waals surface area contributed by atoms with E-state index < -0.39 is 11.2 Å². The van der Waals surface area contributed by atoms with E-state index in [4.69, 9.17) is 0 Å². The van der Waals surface area contributed by atoms with Crippen LogP contribution < -0.4 is 11.2 Å². The van der Waals surface area contributed by atoms with Crippen LogP contribution in [0.1, 0.15) is 64.0 Å². The van der Waals surface area contributed by atoms with Gasteiger partial charge in [-0.3, -0.25) is 18.7 Å². The summed E-state index contributed by atoms with van der Waals surface area (Å²) in [6.07, 6.45) is 3.12. The summed E-state index contributed by atoms with van der Waals surface area (Å²) in [5, 5.41) is 9.27. The molecular weight excluding hydrogens is 330 g/mol. The van der Waals surface area contributed by atoms with Crippen LogP contribution in [0.3, 0.4) is 0 Å². The maximum Gasteiger partial charge on any atom is 0.331 e. The van der Waals surface area contributed by atoms with Crippen LogP contribution in [0.2, 0.25) is 0 Å². The van der Waals surface area contributed by atoms with E-state index in [9.17, 15) is 19.6 Å². The summed E-state index contributed by atoms with van der Waals surface area (Å²) in [5.74, 6) is -0.0465. The highest BCUT2D eigenvalue weighted by molar-refractivity contribution is 5.97. The van der Waals surface area contributed by atoms with Crippen molar-refractivity contribution in [3.05, 3.63) is 66.5 Å². The highest BCUT2D eigenvalue weighted by Gasteiger charge is 2.27. The van der Waals surface area contributed by atoms with Crippen molar-refractivity contribution in [3.8, 4) is 6.07 Å². The van der Waals surface area contributed by atoms with Crippen LogP contribution in [0, 0.1) is 32.1 Å². The minimum absolute atomic E-state index is 0.0364. The molecule has 1 aromatic heterocycles. The molecular formula is C20H21N3O3. The first-order valence-corrected chi connectivity index (χ1v) is 8.63. The third-order valence-electron chi connectivity index (χ3n) is 5.06. The van der Waals surface area contributed by atoms with Crippen molar-refractivity contribution in [2.24, 2.45) is 0 Å². The third kappa shape index (κ3) is 2.90. The first kappa shape index (κ1) is 17.9. The molecule has 0 spiro atoms. The maximum atomic E-state index is 12.8. The van der Waals surface area contributed by atoms with E-state index in [0.717, 1.165) is 39.7 Å². The van der Waals surface area contributed by atoms with Crippen molar-refractivity contribution in [1.82, 2.24) is 9.13 Å². The Kier molecular flexibility index (Phi) is 4.41. The van der Waals surface area contributed by atoms with Crippen molar-refractivity contribution in [2.45, 2.75) is 53.1 Å². The molecule has 6 nitrogen and oxygen atoms in total. The number of nitriles is 1. The monoisotopic (exact) mass is 351 g/mol. The summed E-state index contributed by atoms with van der Waals surface area (Å²) in [4.78, 5) is 37.4. The molecule has 1 heterocycles. The number of hydrogen-bond donors (Lipinski definition) is 0. The number of ketones is 1. The predicted octanol–water partition coefficient (Wildman–Crippen LogP) is 2.39. The molecule has 0 N–H and O–H groups in total. The Morgan fingerprint density at radius 3 is 2.42 bits per heavy atom. The van der Waals surface area contributed by atoms with E-state index in [1.54, 1.807) is 0 Å². The van der Waals surface area contributed by atoms with Crippen LogP contribution in [0.15, 0.2) is 21.9 Å². The second-order valence-electron chi connectivity index (χ2n) is 7.01. The Morgan fingerprint density at radius 1 is 1.23 bits per heavy atom. The number of nitrogens with zero attached hydrogens (tertiary/aromatic N) is 3. The molecule has 0 aliphatic heterocycles. The number of carbonyl (C=O) groups excluding carboxylic acids is 1. The van der Waals surface area contributed by atoms with Gasteiger partial charge in [0.15, 0.2) is 5.78 Å². The number of Topliss-reactive ketones (excluding diaryl/α,β-unsaturated/α-hetero) is 1. The lowest BCUT2D eigenvalue weighted by Crippen LogP contribution is -2.41. The van der Waals surface area contributed by atoms with Crippen LogP contribution in [-0.4, -0.2) is 14.9 Å². The van der Waals surface area contributed by atoms with E-state index in [1.165, 1.54) is 17.7 Å². The molecule has 2 aromatic rings. The second-order valence-corrected chi connectivity index (χ2v) is 7.01. The third-order valence-corrected chi connectivity index (χ3v) is 5.06. The summed E-state index contributed by atoms with van der Waals surface area (Å²) in [5.41, 5.74) is 2.95. The number of aryl methyl sites for hydroxylation is 2. The Balaban J connectivity index is 2.22. The van der Waals surface area contributed by atoms with E-state index in [-0.39, 0.29) is 23.9 Å². The molecule has 6 heteroatoms. The van der Waals surface area contributed by atoms with Crippen molar-refractivity contribution in [3.63, 3.8) is 0 Å². The normalized spacial score (nSPS) is 13.5. The molecule has 1 aliphatic carbocycles. The van der Waals surface area contributed by atoms with Gasteiger partial charge >= 0.3 is 5.69 Å². The van der Waals surface area contributed by atoms with Gasteiger partial charge in [-0.05, 0) is 62.8 Å². The number of rotatable bonds is 4. The van der Waals surface area contributed by atoms with Gasteiger partial charge in [0, 0.05) is 17.8 Å². The van der Waals surface area contributed by atoms with Gasteiger partial charge in [-0.2, -0.15) is 5.26 Å². The molecule has 134 valence electrons. The van der Waals surface area contributed by atoms with Crippen LogP contribution in [-0.2, 0) is 6.54 Å². The zero-order valence-corrected chi connectivity index (χ0v) is 15.4. The van der Waals surface area contributed by atoms with Gasteiger partial charge in [-0.15, -0.1) is 0 Å². The smallest absolute Gasteiger partial charge is 0.296 e. The van der Waals surface area contributed by atoms with Crippen LogP contribution >= 0.6 is 0 Å². The molecule has 0 atom stereocenters. The molecule has 26 heavy (non-hydrogen) atoms. The van der Waals surface area contributed by atoms with Crippen molar-refractivity contribution >= 4 is 5.78 Å². The van der Waals surface area contributed by atoms with Gasteiger partial charge in [0.05, 0.1) is 6.54 Å². The van der Waals surface area contributed by atoms with Crippen molar-refractivity contribution < 1.29 is 4.79 Å². The van der Waals surface area contributed by atoms with Gasteiger partial charge in [0.1, 0.15) is 11.6 Å². The summed E-state index contributed by atoms with van der Waals surface area (Å²) in [6.45, 7) is 7.18. The Bertz CT molecular complexity index is 1080. The van der Waals surface area contributed by atoms with Crippen LogP contribution in [0.4, 0.5) is 0 Å². The molecule has 1 fully saturated rings. The molecule has 0 radical (unpaired) electrons. The van der Waals surface area contributed by atoms with E-state index in [2.05, 4.69) is 0 Å². The number of aromatic nitrogens is 2. The van der Waals surface area contributed by atoms with Crippen molar-refractivity contribution in [1.29, 1.82) is 5.26 Å². The quantitative estimate of drug-likeness (QED) is 0.792.